The van der Waals surface area contributed by atoms with E-state index in [4.69, 9.17) is 5.11 Å². The number of carbonyl (C=O) groups is 2. The maximum Gasteiger partial charge on any atom is 0.346 e. The molecule has 0 saturated heterocycles. The third-order valence-electron chi connectivity index (χ3n) is 3.00. The molecule has 1 heterocycles. The van der Waals surface area contributed by atoms with E-state index < -0.39 is 5.97 Å². The van der Waals surface area contributed by atoms with Crippen molar-refractivity contribution in [3.8, 4) is 0 Å². The molecule has 19 heavy (non-hydrogen) atoms. The number of thiophene rings is 1. The van der Waals surface area contributed by atoms with Crippen LogP contribution in [0.3, 0.4) is 0 Å². The van der Waals surface area contributed by atoms with Gasteiger partial charge in [0, 0.05) is 5.92 Å². The SMILES string of the molecule is CCCC(CCC)C(=O)Nc1cc(C)c(C(=O)O)s1. The number of rotatable bonds is 7. The minimum absolute atomic E-state index is 0.00175. The van der Waals surface area contributed by atoms with Crippen LogP contribution < -0.4 is 5.32 Å². The molecule has 0 aromatic carbocycles. The topological polar surface area (TPSA) is 66.4 Å². The van der Waals surface area contributed by atoms with Crippen LogP contribution in [0.5, 0.6) is 0 Å². The second kappa shape index (κ2) is 7.28. The molecule has 0 aliphatic rings. The average Bonchev–Trinajstić information content (AvgIpc) is 2.70. The van der Waals surface area contributed by atoms with E-state index in [1.807, 2.05) is 0 Å². The molecule has 0 radical (unpaired) electrons. The molecule has 0 aliphatic carbocycles. The molecular weight excluding hydrogens is 262 g/mol. The highest BCUT2D eigenvalue weighted by Gasteiger charge is 2.19. The minimum atomic E-state index is -0.943. The summed E-state index contributed by atoms with van der Waals surface area (Å²) in [4.78, 5) is 23.4. The normalized spacial score (nSPS) is 10.7. The highest BCUT2D eigenvalue weighted by atomic mass is 32.1. The molecule has 2 N–H and O–H groups in total. The monoisotopic (exact) mass is 283 g/mol. The predicted molar refractivity (Wildman–Crippen MR) is 78.0 cm³/mol. The number of anilines is 1. The summed E-state index contributed by atoms with van der Waals surface area (Å²) in [7, 11) is 0. The van der Waals surface area contributed by atoms with E-state index in [0.717, 1.165) is 37.0 Å². The Balaban J connectivity index is 2.74. The molecule has 1 aromatic rings. The molecule has 0 unspecified atom stereocenters. The number of aromatic carboxylic acids is 1. The van der Waals surface area contributed by atoms with Gasteiger partial charge in [0.25, 0.3) is 0 Å². The van der Waals surface area contributed by atoms with Crippen molar-refractivity contribution >= 4 is 28.2 Å². The number of hydrogen-bond donors (Lipinski definition) is 2. The average molecular weight is 283 g/mol. The fourth-order valence-electron chi connectivity index (χ4n) is 2.08. The molecule has 106 valence electrons. The van der Waals surface area contributed by atoms with Gasteiger partial charge in [0.1, 0.15) is 4.88 Å². The number of carboxylic acid groups (broad SMARTS) is 1. The van der Waals surface area contributed by atoms with Crippen molar-refractivity contribution in [1.82, 2.24) is 0 Å². The van der Waals surface area contributed by atoms with E-state index in [-0.39, 0.29) is 16.7 Å². The summed E-state index contributed by atoms with van der Waals surface area (Å²) in [5.74, 6) is -0.922. The number of carboxylic acids is 1. The van der Waals surface area contributed by atoms with Gasteiger partial charge in [0.15, 0.2) is 0 Å². The highest BCUT2D eigenvalue weighted by molar-refractivity contribution is 7.18. The zero-order valence-electron chi connectivity index (χ0n) is 11.7. The van der Waals surface area contributed by atoms with Crippen LogP contribution >= 0.6 is 11.3 Å². The number of hydrogen-bond acceptors (Lipinski definition) is 3. The molecule has 1 aromatic heterocycles. The zero-order chi connectivity index (χ0) is 14.4. The third-order valence-corrected chi connectivity index (χ3v) is 4.14. The molecule has 0 fully saturated rings. The van der Waals surface area contributed by atoms with E-state index in [1.54, 1.807) is 13.0 Å². The van der Waals surface area contributed by atoms with Gasteiger partial charge in [-0.1, -0.05) is 26.7 Å². The number of carbonyl (C=O) groups excluding carboxylic acids is 1. The Labute approximate surface area is 117 Å². The lowest BCUT2D eigenvalue weighted by atomic mass is 9.97. The minimum Gasteiger partial charge on any atom is -0.477 e. The van der Waals surface area contributed by atoms with Gasteiger partial charge in [-0.2, -0.15) is 0 Å². The van der Waals surface area contributed by atoms with Crippen molar-refractivity contribution in [2.75, 3.05) is 5.32 Å². The van der Waals surface area contributed by atoms with Crippen LogP contribution in [-0.4, -0.2) is 17.0 Å². The summed E-state index contributed by atoms with van der Waals surface area (Å²) < 4.78 is 0. The van der Waals surface area contributed by atoms with Gasteiger partial charge < -0.3 is 10.4 Å². The second-order valence-corrected chi connectivity index (χ2v) is 5.74. The summed E-state index contributed by atoms with van der Waals surface area (Å²) in [6, 6.07) is 1.72. The van der Waals surface area contributed by atoms with Gasteiger partial charge in [-0.25, -0.2) is 4.79 Å². The molecular formula is C14H21NO3S. The summed E-state index contributed by atoms with van der Waals surface area (Å²) >= 11 is 1.12. The number of amides is 1. The van der Waals surface area contributed by atoms with Crippen molar-refractivity contribution in [2.45, 2.75) is 46.5 Å². The van der Waals surface area contributed by atoms with Crippen LogP contribution in [0.25, 0.3) is 0 Å². The van der Waals surface area contributed by atoms with E-state index in [0.29, 0.717) is 10.6 Å². The second-order valence-electron chi connectivity index (χ2n) is 4.69. The van der Waals surface area contributed by atoms with Gasteiger partial charge in [-0.05, 0) is 31.4 Å². The van der Waals surface area contributed by atoms with Gasteiger partial charge in [0.05, 0.1) is 5.00 Å². The molecule has 4 nitrogen and oxygen atoms in total. The summed E-state index contributed by atoms with van der Waals surface area (Å²) in [5.41, 5.74) is 0.690. The number of aryl methyl sites for hydroxylation is 1. The van der Waals surface area contributed by atoms with E-state index in [1.165, 1.54) is 0 Å². The zero-order valence-corrected chi connectivity index (χ0v) is 12.5. The maximum atomic E-state index is 12.1. The van der Waals surface area contributed by atoms with Crippen molar-refractivity contribution in [3.05, 3.63) is 16.5 Å². The van der Waals surface area contributed by atoms with Crippen molar-refractivity contribution < 1.29 is 14.7 Å². The Morgan fingerprint density at radius 1 is 1.32 bits per heavy atom. The fraction of sp³-hybridized carbons (Fsp3) is 0.571. The lowest BCUT2D eigenvalue weighted by Gasteiger charge is -2.14. The van der Waals surface area contributed by atoms with E-state index in [9.17, 15) is 9.59 Å². The Morgan fingerprint density at radius 2 is 1.89 bits per heavy atom. The number of nitrogens with one attached hydrogen (secondary N) is 1. The van der Waals surface area contributed by atoms with Crippen molar-refractivity contribution in [2.24, 2.45) is 5.92 Å². The smallest absolute Gasteiger partial charge is 0.346 e. The standard InChI is InChI=1S/C14H21NO3S/c1-4-6-10(7-5-2)13(16)15-11-8-9(3)12(19-11)14(17)18/h8,10H,4-7H2,1-3H3,(H,15,16)(H,17,18). The largest absolute Gasteiger partial charge is 0.477 e. The van der Waals surface area contributed by atoms with E-state index >= 15 is 0 Å². The van der Waals surface area contributed by atoms with E-state index in [2.05, 4.69) is 19.2 Å². The van der Waals surface area contributed by atoms with Gasteiger partial charge in [0.2, 0.25) is 5.91 Å². The van der Waals surface area contributed by atoms with Gasteiger partial charge in [-0.3, -0.25) is 4.79 Å². The van der Waals surface area contributed by atoms with Crippen LogP contribution in [0.15, 0.2) is 6.07 Å². The highest BCUT2D eigenvalue weighted by Crippen LogP contribution is 2.27. The van der Waals surface area contributed by atoms with Crippen LogP contribution in [0.2, 0.25) is 0 Å². The van der Waals surface area contributed by atoms with Gasteiger partial charge in [-0.15, -0.1) is 11.3 Å². The summed E-state index contributed by atoms with van der Waals surface area (Å²) in [5, 5.41) is 12.5. The molecule has 0 bridgehead atoms. The molecule has 0 saturated carbocycles. The lowest BCUT2D eigenvalue weighted by Crippen LogP contribution is -2.22. The quantitative estimate of drug-likeness (QED) is 0.797. The summed E-state index contributed by atoms with van der Waals surface area (Å²) in [6.07, 6.45) is 3.69. The first-order valence-electron chi connectivity index (χ1n) is 6.64. The van der Waals surface area contributed by atoms with Crippen LogP contribution in [0.1, 0.15) is 54.8 Å². The van der Waals surface area contributed by atoms with Crippen molar-refractivity contribution in [1.29, 1.82) is 0 Å². The predicted octanol–water partition coefficient (Wildman–Crippen LogP) is 3.91. The first-order valence-corrected chi connectivity index (χ1v) is 7.45. The molecule has 0 atom stereocenters. The van der Waals surface area contributed by atoms with Gasteiger partial charge >= 0.3 is 5.97 Å². The Morgan fingerprint density at radius 3 is 2.32 bits per heavy atom. The molecule has 0 aliphatic heterocycles. The Kier molecular flexibility index (Phi) is 6.02. The van der Waals surface area contributed by atoms with Crippen LogP contribution in [0.4, 0.5) is 5.00 Å². The molecule has 5 heteroatoms. The molecule has 0 spiro atoms. The summed E-state index contributed by atoms with van der Waals surface area (Å²) in [6.45, 7) is 5.87. The maximum absolute atomic E-state index is 12.1. The van der Waals surface area contributed by atoms with Crippen molar-refractivity contribution in [3.63, 3.8) is 0 Å². The first-order chi connectivity index (χ1) is 8.99. The molecule has 1 amide bonds. The Hall–Kier alpha value is -1.36. The molecule has 1 rings (SSSR count). The third kappa shape index (κ3) is 4.35. The Bertz CT molecular complexity index is 448. The van der Waals surface area contributed by atoms with Crippen LogP contribution in [0, 0.1) is 12.8 Å². The lowest BCUT2D eigenvalue weighted by molar-refractivity contribution is -0.120. The first kappa shape index (κ1) is 15.7. The van der Waals surface area contributed by atoms with Crippen LogP contribution in [-0.2, 0) is 4.79 Å². The fourth-order valence-corrected chi connectivity index (χ4v) is 3.00.